The number of ether oxygens (including phenoxy) is 1. The van der Waals surface area contributed by atoms with Crippen molar-refractivity contribution in [2.75, 3.05) is 25.0 Å². The maximum atomic E-state index is 12.8. The molecule has 6 nitrogen and oxygen atoms in total. The molecule has 1 N–H and O–H groups in total. The van der Waals surface area contributed by atoms with Crippen molar-refractivity contribution in [3.63, 3.8) is 0 Å². The Morgan fingerprint density at radius 1 is 1.00 bits per heavy atom. The van der Waals surface area contributed by atoms with Crippen molar-refractivity contribution in [2.24, 2.45) is 0 Å². The molecule has 0 atom stereocenters. The van der Waals surface area contributed by atoms with Gasteiger partial charge in [0.05, 0.1) is 4.90 Å². The summed E-state index contributed by atoms with van der Waals surface area (Å²) in [5.41, 5.74) is 2.80. The van der Waals surface area contributed by atoms with Crippen molar-refractivity contribution in [3.8, 4) is 5.75 Å². The van der Waals surface area contributed by atoms with Crippen LogP contribution in [0.3, 0.4) is 0 Å². The fraction of sp³-hybridized carbons (Fsp3) is 0.409. The SMILES string of the molecule is Cc1ccc(C)c(NC(=O)COc2ccc(S(=O)(=O)N3CCCCCC3)cc2)c1. The van der Waals surface area contributed by atoms with Gasteiger partial charge in [-0.3, -0.25) is 4.79 Å². The Kier molecular flexibility index (Phi) is 6.92. The minimum atomic E-state index is -3.48. The fourth-order valence-corrected chi connectivity index (χ4v) is 4.86. The third kappa shape index (κ3) is 5.58. The molecule has 0 spiro atoms. The minimum absolute atomic E-state index is 0.147. The van der Waals surface area contributed by atoms with Crippen LogP contribution in [0.1, 0.15) is 36.8 Å². The predicted molar refractivity (Wildman–Crippen MR) is 114 cm³/mol. The number of rotatable bonds is 6. The summed E-state index contributed by atoms with van der Waals surface area (Å²) in [6.45, 7) is 4.89. The number of aryl methyl sites for hydroxylation is 2. The van der Waals surface area contributed by atoms with Gasteiger partial charge in [-0.1, -0.05) is 25.0 Å². The summed E-state index contributed by atoms with van der Waals surface area (Å²) >= 11 is 0. The molecule has 2 aromatic carbocycles. The minimum Gasteiger partial charge on any atom is -0.484 e. The number of anilines is 1. The van der Waals surface area contributed by atoms with Crippen molar-refractivity contribution < 1.29 is 17.9 Å². The van der Waals surface area contributed by atoms with E-state index in [4.69, 9.17) is 4.74 Å². The molecule has 0 unspecified atom stereocenters. The van der Waals surface area contributed by atoms with Crippen molar-refractivity contribution in [2.45, 2.75) is 44.4 Å². The van der Waals surface area contributed by atoms with Crippen LogP contribution in [-0.2, 0) is 14.8 Å². The van der Waals surface area contributed by atoms with Crippen molar-refractivity contribution in [3.05, 3.63) is 53.6 Å². The Labute approximate surface area is 172 Å². The van der Waals surface area contributed by atoms with E-state index < -0.39 is 10.0 Å². The lowest BCUT2D eigenvalue weighted by Gasteiger charge is -2.20. The van der Waals surface area contributed by atoms with Gasteiger partial charge in [-0.05, 0) is 68.1 Å². The monoisotopic (exact) mass is 416 g/mol. The van der Waals surface area contributed by atoms with Crippen LogP contribution in [0.2, 0.25) is 0 Å². The number of hydrogen-bond acceptors (Lipinski definition) is 4. The lowest BCUT2D eigenvalue weighted by atomic mass is 10.1. The van der Waals surface area contributed by atoms with Gasteiger partial charge in [0.2, 0.25) is 10.0 Å². The highest BCUT2D eigenvalue weighted by Crippen LogP contribution is 2.22. The number of nitrogens with zero attached hydrogens (tertiary/aromatic N) is 1. The van der Waals surface area contributed by atoms with Crippen LogP contribution in [0.15, 0.2) is 47.4 Å². The summed E-state index contributed by atoms with van der Waals surface area (Å²) in [4.78, 5) is 12.4. The summed E-state index contributed by atoms with van der Waals surface area (Å²) in [6.07, 6.45) is 3.94. The van der Waals surface area contributed by atoms with Crippen LogP contribution in [0.4, 0.5) is 5.69 Å². The van der Waals surface area contributed by atoms with Crippen LogP contribution in [0.5, 0.6) is 5.75 Å². The van der Waals surface area contributed by atoms with Gasteiger partial charge in [-0.15, -0.1) is 0 Å². The first-order chi connectivity index (χ1) is 13.9. The highest BCUT2D eigenvalue weighted by Gasteiger charge is 2.25. The highest BCUT2D eigenvalue weighted by atomic mass is 32.2. The number of benzene rings is 2. The maximum absolute atomic E-state index is 12.8. The second-order valence-corrected chi connectivity index (χ2v) is 9.38. The molecule has 3 rings (SSSR count). The molecule has 1 aliphatic heterocycles. The van der Waals surface area contributed by atoms with E-state index in [0.29, 0.717) is 18.8 Å². The molecule has 0 bridgehead atoms. The van der Waals surface area contributed by atoms with Crippen LogP contribution < -0.4 is 10.1 Å². The Morgan fingerprint density at radius 3 is 2.31 bits per heavy atom. The van der Waals surface area contributed by atoms with E-state index in [1.165, 1.54) is 12.1 Å². The number of carbonyl (C=O) groups is 1. The molecule has 1 saturated heterocycles. The van der Waals surface area contributed by atoms with Crippen LogP contribution in [-0.4, -0.2) is 38.3 Å². The number of carbonyl (C=O) groups excluding carboxylic acids is 1. The van der Waals surface area contributed by atoms with Crippen LogP contribution in [0.25, 0.3) is 0 Å². The molecule has 1 amide bonds. The molecule has 7 heteroatoms. The molecule has 1 aliphatic rings. The number of sulfonamides is 1. The largest absolute Gasteiger partial charge is 0.484 e. The van der Waals surface area contributed by atoms with Gasteiger partial charge in [-0.25, -0.2) is 8.42 Å². The van der Waals surface area contributed by atoms with E-state index in [9.17, 15) is 13.2 Å². The normalized spacial score (nSPS) is 15.5. The van der Waals surface area contributed by atoms with E-state index in [0.717, 1.165) is 42.5 Å². The van der Waals surface area contributed by atoms with Gasteiger partial charge in [0.25, 0.3) is 5.91 Å². The molecule has 0 aliphatic carbocycles. The van der Waals surface area contributed by atoms with Gasteiger partial charge in [0.1, 0.15) is 5.75 Å². The second kappa shape index (κ2) is 9.41. The van der Waals surface area contributed by atoms with E-state index in [-0.39, 0.29) is 17.4 Å². The van der Waals surface area contributed by atoms with Crippen molar-refractivity contribution in [1.29, 1.82) is 0 Å². The quantitative estimate of drug-likeness (QED) is 0.775. The molecule has 2 aromatic rings. The summed E-state index contributed by atoms with van der Waals surface area (Å²) in [7, 11) is -3.48. The molecule has 1 heterocycles. The number of nitrogens with one attached hydrogen (secondary N) is 1. The molecule has 1 fully saturated rings. The van der Waals surface area contributed by atoms with Gasteiger partial charge in [0.15, 0.2) is 6.61 Å². The van der Waals surface area contributed by atoms with Gasteiger partial charge in [0, 0.05) is 18.8 Å². The van der Waals surface area contributed by atoms with E-state index >= 15 is 0 Å². The van der Waals surface area contributed by atoms with Crippen LogP contribution >= 0.6 is 0 Å². The van der Waals surface area contributed by atoms with Crippen LogP contribution in [0, 0.1) is 13.8 Å². The third-order valence-electron chi connectivity index (χ3n) is 5.06. The molecule has 0 aromatic heterocycles. The molecule has 156 valence electrons. The highest BCUT2D eigenvalue weighted by molar-refractivity contribution is 7.89. The molecular weight excluding hydrogens is 388 g/mol. The summed E-state index contributed by atoms with van der Waals surface area (Å²) in [5, 5.41) is 2.84. The average Bonchev–Trinajstić information content (AvgIpc) is 3.00. The van der Waals surface area contributed by atoms with Crippen molar-refractivity contribution >= 4 is 21.6 Å². The summed E-state index contributed by atoms with van der Waals surface area (Å²) in [6, 6.07) is 12.1. The Hall–Kier alpha value is -2.38. The standard InChI is InChI=1S/C22H28N2O4S/c1-17-7-8-18(2)21(15-17)23-22(25)16-28-19-9-11-20(12-10-19)29(26,27)24-13-5-3-4-6-14-24/h7-12,15H,3-6,13-14,16H2,1-2H3,(H,23,25). The fourth-order valence-electron chi connectivity index (χ4n) is 3.34. The van der Waals surface area contributed by atoms with E-state index in [1.807, 2.05) is 32.0 Å². The number of amides is 1. The molecule has 0 saturated carbocycles. The predicted octanol–water partition coefficient (Wildman–Crippen LogP) is 3.89. The first-order valence-electron chi connectivity index (χ1n) is 9.96. The maximum Gasteiger partial charge on any atom is 0.262 e. The summed E-state index contributed by atoms with van der Waals surface area (Å²) in [5.74, 6) is 0.191. The van der Waals surface area contributed by atoms with Gasteiger partial charge >= 0.3 is 0 Å². The summed E-state index contributed by atoms with van der Waals surface area (Å²) < 4.78 is 32.7. The lowest BCUT2D eigenvalue weighted by Crippen LogP contribution is -2.31. The molecule has 29 heavy (non-hydrogen) atoms. The Bertz CT molecular complexity index is 947. The first kappa shape index (κ1) is 21.3. The zero-order chi connectivity index (χ0) is 20.9. The molecular formula is C22H28N2O4S. The topological polar surface area (TPSA) is 75.7 Å². The molecule has 0 radical (unpaired) electrons. The number of hydrogen-bond donors (Lipinski definition) is 1. The smallest absolute Gasteiger partial charge is 0.262 e. The lowest BCUT2D eigenvalue weighted by molar-refractivity contribution is -0.118. The van der Waals surface area contributed by atoms with E-state index in [1.54, 1.807) is 16.4 Å². The average molecular weight is 417 g/mol. The van der Waals surface area contributed by atoms with E-state index in [2.05, 4.69) is 5.32 Å². The second-order valence-electron chi connectivity index (χ2n) is 7.44. The van der Waals surface area contributed by atoms with Gasteiger partial charge < -0.3 is 10.1 Å². The van der Waals surface area contributed by atoms with Crippen molar-refractivity contribution in [1.82, 2.24) is 4.31 Å². The third-order valence-corrected chi connectivity index (χ3v) is 6.98. The Balaban J connectivity index is 1.59. The zero-order valence-electron chi connectivity index (χ0n) is 17.0. The Morgan fingerprint density at radius 2 is 1.66 bits per heavy atom. The van der Waals surface area contributed by atoms with Gasteiger partial charge in [-0.2, -0.15) is 4.31 Å². The zero-order valence-corrected chi connectivity index (χ0v) is 17.8. The first-order valence-corrected chi connectivity index (χ1v) is 11.4.